The molecular formula is C9H8BrF. The summed E-state index contributed by atoms with van der Waals surface area (Å²) in [6.45, 7) is 0. The lowest BCUT2D eigenvalue weighted by atomic mass is 10.1. The van der Waals surface area contributed by atoms with Gasteiger partial charge in [0.25, 0.3) is 0 Å². The predicted molar refractivity (Wildman–Crippen MR) is 49.3 cm³/mol. The Morgan fingerprint density at radius 3 is 2.45 bits per heavy atom. The van der Waals surface area contributed by atoms with Crippen LogP contribution in [0.15, 0.2) is 36.7 Å². The number of hydrogen-bond donors (Lipinski definition) is 0. The minimum Gasteiger partial charge on any atom is -0.215 e. The van der Waals surface area contributed by atoms with Crippen LogP contribution in [0.4, 0.5) is 4.39 Å². The Morgan fingerprint density at radius 2 is 2.00 bits per heavy atom. The van der Waals surface area contributed by atoms with Crippen LogP contribution >= 0.6 is 15.9 Å². The second-order valence-electron chi connectivity index (χ2n) is 2.13. The largest absolute Gasteiger partial charge is 0.215 e. The van der Waals surface area contributed by atoms with E-state index in [0.29, 0.717) is 17.2 Å². The van der Waals surface area contributed by atoms with Crippen LogP contribution in [0, 0.1) is 0 Å². The topological polar surface area (TPSA) is 0 Å². The molecule has 0 unspecified atom stereocenters. The number of hydrogen-bond acceptors (Lipinski definition) is 0. The first-order chi connectivity index (χ1) is 5.38. The molecule has 0 saturated heterocycles. The molecule has 0 N–H and O–H groups in total. The zero-order valence-corrected chi connectivity index (χ0v) is 7.51. The van der Waals surface area contributed by atoms with Gasteiger partial charge < -0.3 is 0 Å². The molecule has 0 fully saturated rings. The van der Waals surface area contributed by atoms with Crippen LogP contribution in [0.1, 0.15) is 5.56 Å². The Balaban J connectivity index is 2.92. The fourth-order valence-electron chi connectivity index (χ4n) is 0.822. The Hall–Kier alpha value is -0.630. The first kappa shape index (κ1) is 8.47. The lowest BCUT2D eigenvalue weighted by molar-refractivity contribution is 0.723. The minimum atomic E-state index is 0.549. The Morgan fingerprint density at radius 1 is 1.36 bits per heavy atom. The molecule has 1 aromatic rings. The SMILES string of the molecule is FC=C(CBr)c1ccccc1. The molecule has 0 aromatic heterocycles. The fourth-order valence-corrected chi connectivity index (χ4v) is 1.27. The first-order valence-electron chi connectivity index (χ1n) is 3.29. The lowest BCUT2D eigenvalue weighted by Gasteiger charge is -1.99. The van der Waals surface area contributed by atoms with Crippen molar-refractivity contribution >= 4 is 21.5 Å². The van der Waals surface area contributed by atoms with Crippen molar-refractivity contribution in [1.82, 2.24) is 0 Å². The van der Waals surface area contributed by atoms with E-state index in [-0.39, 0.29) is 0 Å². The molecule has 0 nitrogen and oxygen atoms in total. The molecule has 1 aromatic carbocycles. The van der Waals surface area contributed by atoms with Gasteiger partial charge in [-0.1, -0.05) is 46.3 Å². The number of alkyl halides is 1. The van der Waals surface area contributed by atoms with E-state index in [4.69, 9.17) is 0 Å². The highest BCUT2D eigenvalue weighted by Gasteiger charge is 1.96. The van der Waals surface area contributed by atoms with Crippen molar-refractivity contribution in [3.8, 4) is 0 Å². The molecule has 0 saturated carbocycles. The molecule has 0 bridgehead atoms. The van der Waals surface area contributed by atoms with Gasteiger partial charge in [0.05, 0.1) is 6.33 Å². The van der Waals surface area contributed by atoms with Gasteiger partial charge in [-0.2, -0.15) is 0 Å². The van der Waals surface area contributed by atoms with Crippen LogP contribution in [0.3, 0.4) is 0 Å². The summed E-state index contributed by atoms with van der Waals surface area (Å²) in [6.07, 6.45) is 0.629. The van der Waals surface area contributed by atoms with Crippen LogP contribution in [-0.2, 0) is 0 Å². The van der Waals surface area contributed by atoms with Gasteiger partial charge in [0.2, 0.25) is 0 Å². The van der Waals surface area contributed by atoms with Crippen molar-refractivity contribution in [3.05, 3.63) is 42.2 Å². The van der Waals surface area contributed by atoms with Crippen molar-refractivity contribution < 1.29 is 4.39 Å². The van der Waals surface area contributed by atoms with Crippen molar-refractivity contribution in [2.75, 3.05) is 5.33 Å². The van der Waals surface area contributed by atoms with Crippen LogP contribution in [0.5, 0.6) is 0 Å². The van der Waals surface area contributed by atoms with Gasteiger partial charge in [0.15, 0.2) is 0 Å². The van der Waals surface area contributed by atoms with Crippen LogP contribution in [-0.4, -0.2) is 5.33 Å². The summed E-state index contributed by atoms with van der Waals surface area (Å²) >= 11 is 3.20. The predicted octanol–water partition coefficient (Wildman–Crippen LogP) is 3.39. The molecule has 2 heteroatoms. The number of benzene rings is 1. The number of allylic oxidation sites excluding steroid dienone is 1. The van der Waals surface area contributed by atoms with Gasteiger partial charge in [-0.15, -0.1) is 0 Å². The van der Waals surface area contributed by atoms with E-state index in [0.717, 1.165) is 5.56 Å². The third-order valence-electron chi connectivity index (χ3n) is 1.42. The normalized spacial score (nSPS) is 11.6. The summed E-state index contributed by atoms with van der Waals surface area (Å²) in [5.41, 5.74) is 1.59. The van der Waals surface area contributed by atoms with Crippen molar-refractivity contribution in [2.45, 2.75) is 0 Å². The summed E-state index contributed by atoms with van der Waals surface area (Å²) in [6, 6.07) is 9.45. The molecule has 0 aliphatic heterocycles. The van der Waals surface area contributed by atoms with Crippen LogP contribution in [0.2, 0.25) is 0 Å². The molecule has 0 spiro atoms. The molecule has 0 amide bonds. The summed E-state index contributed by atoms with van der Waals surface area (Å²) in [5, 5.41) is 0.549. The van der Waals surface area contributed by atoms with Crippen LogP contribution < -0.4 is 0 Å². The van der Waals surface area contributed by atoms with Gasteiger partial charge in [0, 0.05) is 5.33 Å². The van der Waals surface area contributed by atoms with E-state index in [2.05, 4.69) is 15.9 Å². The third-order valence-corrected chi connectivity index (χ3v) is 2.02. The van der Waals surface area contributed by atoms with Gasteiger partial charge in [-0.05, 0) is 11.1 Å². The highest BCUT2D eigenvalue weighted by Crippen LogP contribution is 2.15. The van der Waals surface area contributed by atoms with Crippen molar-refractivity contribution in [1.29, 1.82) is 0 Å². The standard InChI is InChI=1S/C9H8BrF/c10-6-9(7-11)8-4-2-1-3-5-8/h1-5,7H,6H2. The Labute approximate surface area is 73.9 Å². The van der Waals surface area contributed by atoms with Crippen molar-refractivity contribution in [3.63, 3.8) is 0 Å². The summed E-state index contributed by atoms with van der Waals surface area (Å²) in [5.74, 6) is 0. The zero-order chi connectivity index (χ0) is 8.10. The molecule has 0 aliphatic carbocycles. The average Bonchev–Trinajstić information content (AvgIpc) is 2.09. The van der Waals surface area contributed by atoms with Gasteiger partial charge >= 0.3 is 0 Å². The minimum absolute atomic E-state index is 0.549. The zero-order valence-electron chi connectivity index (χ0n) is 5.93. The fraction of sp³-hybridized carbons (Fsp3) is 0.111. The molecule has 1 rings (SSSR count). The summed E-state index contributed by atoms with van der Waals surface area (Å²) in [4.78, 5) is 0. The molecule has 0 atom stereocenters. The van der Waals surface area contributed by atoms with Gasteiger partial charge in [0.1, 0.15) is 0 Å². The average molecular weight is 215 g/mol. The third kappa shape index (κ3) is 2.15. The summed E-state index contributed by atoms with van der Waals surface area (Å²) < 4.78 is 12.2. The molecule has 0 radical (unpaired) electrons. The van der Waals surface area contributed by atoms with Crippen LogP contribution in [0.25, 0.3) is 5.57 Å². The Bertz CT molecular complexity index is 241. The smallest absolute Gasteiger partial charge is 0.0913 e. The maximum atomic E-state index is 12.2. The van der Waals surface area contributed by atoms with Crippen molar-refractivity contribution in [2.24, 2.45) is 0 Å². The Kier molecular flexibility index (Phi) is 3.30. The van der Waals surface area contributed by atoms with E-state index < -0.39 is 0 Å². The van der Waals surface area contributed by atoms with E-state index >= 15 is 0 Å². The quantitative estimate of drug-likeness (QED) is 0.663. The molecule has 58 valence electrons. The van der Waals surface area contributed by atoms with E-state index in [1.165, 1.54) is 0 Å². The highest BCUT2D eigenvalue weighted by atomic mass is 79.9. The lowest BCUT2D eigenvalue weighted by Crippen LogP contribution is -1.82. The monoisotopic (exact) mass is 214 g/mol. The molecule has 0 aliphatic rings. The van der Waals surface area contributed by atoms with E-state index in [1.54, 1.807) is 0 Å². The maximum Gasteiger partial charge on any atom is 0.0913 e. The van der Waals surface area contributed by atoms with E-state index in [1.807, 2.05) is 30.3 Å². The highest BCUT2D eigenvalue weighted by molar-refractivity contribution is 9.09. The van der Waals surface area contributed by atoms with E-state index in [9.17, 15) is 4.39 Å². The maximum absolute atomic E-state index is 12.2. The molecule has 0 heterocycles. The first-order valence-corrected chi connectivity index (χ1v) is 4.41. The molecule has 11 heavy (non-hydrogen) atoms. The second kappa shape index (κ2) is 4.29. The van der Waals surface area contributed by atoms with Gasteiger partial charge in [-0.25, -0.2) is 4.39 Å². The van der Waals surface area contributed by atoms with Gasteiger partial charge in [-0.3, -0.25) is 0 Å². The second-order valence-corrected chi connectivity index (χ2v) is 2.69. The molecular weight excluding hydrogens is 207 g/mol. The summed E-state index contributed by atoms with van der Waals surface area (Å²) in [7, 11) is 0. The number of rotatable bonds is 2. The number of halogens is 2.